The average molecular weight is 222 g/mol. The van der Waals surface area contributed by atoms with Crippen LogP contribution in [0.25, 0.3) is 0 Å². The van der Waals surface area contributed by atoms with Gasteiger partial charge in [-0.2, -0.15) is 5.10 Å². The molecule has 2 heterocycles. The number of likely N-dealkylation sites (tertiary alicyclic amines) is 1. The molecule has 0 saturated carbocycles. The zero-order chi connectivity index (χ0) is 11.5. The zero-order valence-corrected chi connectivity index (χ0v) is 10.5. The van der Waals surface area contributed by atoms with Crippen molar-refractivity contribution in [2.75, 3.05) is 20.1 Å². The van der Waals surface area contributed by atoms with Gasteiger partial charge in [0.1, 0.15) is 0 Å². The molecule has 4 nitrogen and oxygen atoms in total. The van der Waals surface area contributed by atoms with Crippen molar-refractivity contribution in [1.29, 1.82) is 0 Å². The molecule has 1 aromatic rings. The summed E-state index contributed by atoms with van der Waals surface area (Å²) in [5.41, 5.74) is 1.27. The minimum Gasteiger partial charge on any atom is -0.306 e. The molecule has 2 unspecified atom stereocenters. The fourth-order valence-corrected chi connectivity index (χ4v) is 2.42. The van der Waals surface area contributed by atoms with Gasteiger partial charge in [-0.25, -0.2) is 0 Å². The minimum absolute atomic E-state index is 0.394. The molecule has 0 bridgehead atoms. The number of hydrogen-bond acceptors (Lipinski definition) is 3. The van der Waals surface area contributed by atoms with Crippen LogP contribution in [0, 0.1) is 0 Å². The van der Waals surface area contributed by atoms with Gasteiger partial charge in [0.05, 0.1) is 6.20 Å². The van der Waals surface area contributed by atoms with Crippen LogP contribution in [0.2, 0.25) is 0 Å². The molecule has 0 radical (unpaired) electrons. The van der Waals surface area contributed by atoms with Gasteiger partial charge < -0.3 is 10.2 Å². The molecule has 4 heteroatoms. The maximum atomic E-state index is 4.21. The van der Waals surface area contributed by atoms with Gasteiger partial charge >= 0.3 is 0 Å². The fraction of sp³-hybridized carbons (Fsp3) is 0.750. The highest BCUT2D eigenvalue weighted by molar-refractivity contribution is 5.09. The Kier molecular flexibility index (Phi) is 3.61. The number of nitrogens with one attached hydrogen (secondary N) is 1. The van der Waals surface area contributed by atoms with Crippen molar-refractivity contribution in [1.82, 2.24) is 20.0 Å². The molecule has 1 saturated heterocycles. The Morgan fingerprint density at radius 2 is 2.31 bits per heavy atom. The normalized spacial score (nSPS) is 24.6. The lowest BCUT2D eigenvalue weighted by molar-refractivity contribution is 0.218. The van der Waals surface area contributed by atoms with Crippen molar-refractivity contribution in [2.45, 2.75) is 31.8 Å². The van der Waals surface area contributed by atoms with Crippen LogP contribution in [-0.2, 0) is 7.05 Å². The van der Waals surface area contributed by atoms with Crippen LogP contribution >= 0.6 is 0 Å². The predicted molar refractivity (Wildman–Crippen MR) is 65.3 cm³/mol. The summed E-state index contributed by atoms with van der Waals surface area (Å²) in [6.07, 6.45) is 6.62. The molecule has 1 aliphatic heterocycles. The molecule has 0 amide bonds. The van der Waals surface area contributed by atoms with Gasteiger partial charge in [-0.15, -0.1) is 0 Å². The molecule has 2 rings (SSSR count). The third-order valence-corrected chi connectivity index (χ3v) is 3.34. The van der Waals surface area contributed by atoms with E-state index in [0.29, 0.717) is 12.1 Å². The van der Waals surface area contributed by atoms with Gasteiger partial charge in [-0.05, 0) is 33.4 Å². The maximum absolute atomic E-state index is 4.21. The summed E-state index contributed by atoms with van der Waals surface area (Å²) >= 11 is 0. The van der Waals surface area contributed by atoms with E-state index in [9.17, 15) is 0 Å². The van der Waals surface area contributed by atoms with Crippen LogP contribution in [0.15, 0.2) is 12.4 Å². The summed E-state index contributed by atoms with van der Waals surface area (Å²) in [4.78, 5) is 2.40. The van der Waals surface area contributed by atoms with E-state index < -0.39 is 0 Å². The average Bonchev–Trinajstić information content (AvgIpc) is 2.65. The molecule has 0 aromatic carbocycles. The highest BCUT2D eigenvalue weighted by Crippen LogP contribution is 2.15. The van der Waals surface area contributed by atoms with Gasteiger partial charge in [0, 0.05) is 37.4 Å². The van der Waals surface area contributed by atoms with E-state index >= 15 is 0 Å². The first-order valence-electron chi connectivity index (χ1n) is 6.08. The van der Waals surface area contributed by atoms with Gasteiger partial charge in [-0.3, -0.25) is 4.68 Å². The molecule has 1 N–H and O–H groups in total. The topological polar surface area (TPSA) is 33.1 Å². The summed E-state index contributed by atoms with van der Waals surface area (Å²) < 4.78 is 1.86. The number of hydrogen-bond donors (Lipinski definition) is 1. The van der Waals surface area contributed by atoms with Crippen molar-refractivity contribution < 1.29 is 0 Å². The van der Waals surface area contributed by atoms with Gasteiger partial charge in [0.25, 0.3) is 0 Å². The quantitative estimate of drug-likeness (QED) is 0.833. The number of rotatable bonds is 3. The van der Waals surface area contributed by atoms with Gasteiger partial charge in [-0.1, -0.05) is 0 Å². The van der Waals surface area contributed by atoms with Crippen molar-refractivity contribution in [3.8, 4) is 0 Å². The van der Waals surface area contributed by atoms with E-state index in [4.69, 9.17) is 0 Å². The van der Waals surface area contributed by atoms with E-state index in [2.05, 4.69) is 35.5 Å². The Bertz CT molecular complexity index is 334. The van der Waals surface area contributed by atoms with Gasteiger partial charge in [0.15, 0.2) is 0 Å². The molecular weight excluding hydrogens is 200 g/mol. The summed E-state index contributed by atoms with van der Waals surface area (Å²) in [6, 6.07) is 1.01. The van der Waals surface area contributed by atoms with Crippen LogP contribution in [-0.4, -0.2) is 40.9 Å². The van der Waals surface area contributed by atoms with Crippen LogP contribution in [0.4, 0.5) is 0 Å². The Balaban J connectivity index is 1.89. The molecule has 0 aliphatic carbocycles. The van der Waals surface area contributed by atoms with Crippen LogP contribution in [0.5, 0.6) is 0 Å². The highest BCUT2D eigenvalue weighted by atomic mass is 15.2. The van der Waals surface area contributed by atoms with Crippen LogP contribution in [0.1, 0.15) is 31.4 Å². The lowest BCUT2D eigenvalue weighted by atomic mass is 10.0. The fourth-order valence-electron chi connectivity index (χ4n) is 2.42. The number of nitrogens with zero attached hydrogens (tertiary/aromatic N) is 3. The third-order valence-electron chi connectivity index (χ3n) is 3.34. The van der Waals surface area contributed by atoms with E-state index in [1.165, 1.54) is 24.9 Å². The third kappa shape index (κ3) is 2.83. The van der Waals surface area contributed by atoms with Crippen LogP contribution < -0.4 is 5.32 Å². The van der Waals surface area contributed by atoms with Crippen molar-refractivity contribution in [3.05, 3.63) is 18.0 Å². The second-order valence-electron chi connectivity index (χ2n) is 4.94. The Hall–Kier alpha value is -0.870. The van der Waals surface area contributed by atoms with Gasteiger partial charge in [0.2, 0.25) is 0 Å². The molecule has 1 aliphatic rings. The van der Waals surface area contributed by atoms with Crippen molar-refractivity contribution in [2.24, 2.45) is 7.05 Å². The van der Waals surface area contributed by atoms with Crippen molar-refractivity contribution >= 4 is 0 Å². The molecule has 16 heavy (non-hydrogen) atoms. The number of aryl methyl sites for hydroxylation is 1. The SMILES string of the molecule is CC(NC1CCCN(C)C1)c1cnn(C)c1. The minimum atomic E-state index is 0.394. The first-order valence-corrected chi connectivity index (χ1v) is 6.08. The summed E-state index contributed by atoms with van der Waals surface area (Å²) in [5, 5.41) is 7.90. The smallest absolute Gasteiger partial charge is 0.0537 e. The first kappa shape index (κ1) is 11.6. The lowest BCUT2D eigenvalue weighted by Gasteiger charge is -2.32. The van der Waals surface area contributed by atoms with E-state index in [0.717, 1.165) is 6.54 Å². The lowest BCUT2D eigenvalue weighted by Crippen LogP contribution is -2.44. The second kappa shape index (κ2) is 4.97. The zero-order valence-electron chi connectivity index (χ0n) is 10.5. The molecular formula is C12H22N4. The Morgan fingerprint density at radius 3 is 2.94 bits per heavy atom. The van der Waals surface area contributed by atoms with Crippen molar-refractivity contribution in [3.63, 3.8) is 0 Å². The summed E-state index contributed by atoms with van der Waals surface area (Å²) in [5.74, 6) is 0. The molecule has 1 aromatic heterocycles. The summed E-state index contributed by atoms with van der Waals surface area (Å²) in [7, 11) is 4.16. The molecule has 0 spiro atoms. The largest absolute Gasteiger partial charge is 0.306 e. The van der Waals surface area contributed by atoms with E-state index in [1.807, 2.05) is 17.9 Å². The first-order chi connectivity index (χ1) is 7.65. The van der Waals surface area contributed by atoms with E-state index in [-0.39, 0.29) is 0 Å². The highest BCUT2D eigenvalue weighted by Gasteiger charge is 2.19. The van der Waals surface area contributed by atoms with Crippen LogP contribution in [0.3, 0.4) is 0 Å². The monoisotopic (exact) mass is 222 g/mol. The molecule has 2 atom stereocenters. The number of aromatic nitrogens is 2. The number of piperidine rings is 1. The predicted octanol–water partition coefficient (Wildman–Crippen LogP) is 1.16. The standard InChI is InChI=1S/C12H22N4/c1-10(11-7-13-16(3)8-11)14-12-5-4-6-15(2)9-12/h7-8,10,12,14H,4-6,9H2,1-3H3. The molecule has 1 fully saturated rings. The summed E-state index contributed by atoms with van der Waals surface area (Å²) in [6.45, 7) is 4.61. The Morgan fingerprint density at radius 1 is 1.50 bits per heavy atom. The second-order valence-corrected chi connectivity index (χ2v) is 4.94. The number of likely N-dealkylation sites (N-methyl/N-ethyl adjacent to an activating group) is 1. The van der Waals surface area contributed by atoms with E-state index in [1.54, 1.807) is 0 Å². The maximum Gasteiger partial charge on any atom is 0.0537 e. The Labute approximate surface area is 97.6 Å². The molecule has 90 valence electrons.